The van der Waals surface area contributed by atoms with Crippen LogP contribution in [0.3, 0.4) is 0 Å². The summed E-state index contributed by atoms with van der Waals surface area (Å²) in [5.41, 5.74) is 3.44. The number of aliphatic hydroxyl groups is 1. The van der Waals surface area contributed by atoms with Crippen molar-refractivity contribution in [2.24, 2.45) is 0 Å². The van der Waals surface area contributed by atoms with Crippen LogP contribution in [0.2, 0.25) is 0 Å². The summed E-state index contributed by atoms with van der Waals surface area (Å²) in [6, 6.07) is 11.2. The van der Waals surface area contributed by atoms with Gasteiger partial charge in [-0.15, -0.1) is 0 Å². The predicted octanol–water partition coefficient (Wildman–Crippen LogP) is 4.52. The highest BCUT2D eigenvalue weighted by molar-refractivity contribution is 7.99. The topological polar surface area (TPSA) is 20.2 Å². The van der Waals surface area contributed by atoms with Gasteiger partial charge in [0.25, 0.3) is 0 Å². The molecule has 0 amide bonds. The molecule has 0 saturated heterocycles. The number of hydrogen-bond acceptors (Lipinski definition) is 2. The first-order chi connectivity index (χ1) is 9.65. The van der Waals surface area contributed by atoms with Crippen molar-refractivity contribution in [2.45, 2.75) is 42.1 Å². The fourth-order valence-electron chi connectivity index (χ4n) is 2.69. The number of aliphatic hydroxyl groups excluding tert-OH is 1. The van der Waals surface area contributed by atoms with E-state index in [2.05, 4.69) is 12.1 Å². The van der Waals surface area contributed by atoms with Gasteiger partial charge in [0.15, 0.2) is 0 Å². The standard InChI is InChI=1S/C17H17FOS/c1-11(19)15-6-3-7-16(18)17(15)20-14-9-8-12-4-2-5-13(12)10-14/h3,6-11,19H,2,4-5H2,1H3. The molecule has 2 aromatic rings. The lowest BCUT2D eigenvalue weighted by Gasteiger charge is -2.13. The molecule has 1 unspecified atom stereocenters. The van der Waals surface area contributed by atoms with Crippen LogP contribution in [0.4, 0.5) is 4.39 Å². The maximum absolute atomic E-state index is 14.0. The maximum atomic E-state index is 14.0. The van der Waals surface area contributed by atoms with E-state index < -0.39 is 6.10 Å². The molecule has 1 aliphatic carbocycles. The summed E-state index contributed by atoms with van der Waals surface area (Å²) in [7, 11) is 0. The Kier molecular flexibility index (Phi) is 3.81. The summed E-state index contributed by atoms with van der Waals surface area (Å²) >= 11 is 1.40. The molecule has 0 saturated carbocycles. The molecule has 0 aliphatic heterocycles. The fraction of sp³-hybridized carbons (Fsp3) is 0.294. The molecule has 3 heteroatoms. The zero-order valence-corrected chi connectivity index (χ0v) is 12.2. The molecule has 0 bridgehead atoms. The van der Waals surface area contributed by atoms with Crippen LogP contribution in [-0.4, -0.2) is 5.11 Å². The van der Waals surface area contributed by atoms with Crippen LogP contribution in [0, 0.1) is 5.82 Å². The van der Waals surface area contributed by atoms with E-state index in [1.165, 1.54) is 35.4 Å². The highest BCUT2D eigenvalue weighted by atomic mass is 32.2. The van der Waals surface area contributed by atoms with E-state index in [1.54, 1.807) is 19.1 Å². The Hall–Kier alpha value is -1.32. The van der Waals surface area contributed by atoms with E-state index in [4.69, 9.17) is 0 Å². The predicted molar refractivity (Wildman–Crippen MR) is 79.6 cm³/mol. The lowest BCUT2D eigenvalue weighted by molar-refractivity contribution is 0.195. The summed E-state index contributed by atoms with van der Waals surface area (Å²) in [6.07, 6.45) is 2.81. The SMILES string of the molecule is CC(O)c1cccc(F)c1Sc1ccc2c(c1)CCC2. The second-order valence-corrected chi connectivity index (χ2v) is 6.30. The van der Waals surface area contributed by atoms with Gasteiger partial charge in [-0.2, -0.15) is 0 Å². The van der Waals surface area contributed by atoms with E-state index in [0.717, 1.165) is 17.7 Å². The molecule has 3 rings (SSSR count). The molecule has 0 heterocycles. The van der Waals surface area contributed by atoms with Crippen LogP contribution in [0.15, 0.2) is 46.2 Å². The summed E-state index contributed by atoms with van der Waals surface area (Å²) in [5.74, 6) is -0.270. The Morgan fingerprint density at radius 2 is 1.95 bits per heavy atom. The van der Waals surface area contributed by atoms with Gasteiger partial charge < -0.3 is 5.11 Å². The van der Waals surface area contributed by atoms with Crippen molar-refractivity contribution >= 4 is 11.8 Å². The van der Waals surface area contributed by atoms with Gasteiger partial charge in [-0.3, -0.25) is 0 Å². The number of rotatable bonds is 3. The molecular formula is C17H17FOS. The second-order valence-electron chi connectivity index (χ2n) is 5.22. The van der Waals surface area contributed by atoms with E-state index in [-0.39, 0.29) is 5.82 Å². The average molecular weight is 288 g/mol. The van der Waals surface area contributed by atoms with Gasteiger partial charge in [-0.05, 0) is 61.1 Å². The molecule has 0 aromatic heterocycles. The first-order valence-electron chi connectivity index (χ1n) is 6.91. The van der Waals surface area contributed by atoms with Gasteiger partial charge in [0.2, 0.25) is 0 Å². The van der Waals surface area contributed by atoms with Gasteiger partial charge in [0.05, 0.1) is 11.0 Å². The molecule has 1 nitrogen and oxygen atoms in total. The highest BCUT2D eigenvalue weighted by Crippen LogP contribution is 2.37. The molecule has 0 radical (unpaired) electrons. The lowest BCUT2D eigenvalue weighted by atomic mass is 10.1. The van der Waals surface area contributed by atoms with E-state index in [1.807, 2.05) is 6.07 Å². The first-order valence-corrected chi connectivity index (χ1v) is 7.73. The third-order valence-electron chi connectivity index (χ3n) is 3.74. The molecule has 1 atom stereocenters. The smallest absolute Gasteiger partial charge is 0.137 e. The minimum Gasteiger partial charge on any atom is -0.389 e. The van der Waals surface area contributed by atoms with Crippen molar-refractivity contribution in [3.05, 3.63) is 58.9 Å². The van der Waals surface area contributed by atoms with Crippen molar-refractivity contribution in [2.75, 3.05) is 0 Å². The van der Waals surface area contributed by atoms with Crippen LogP contribution in [0.25, 0.3) is 0 Å². The Bertz CT molecular complexity index is 637. The summed E-state index contributed by atoms with van der Waals surface area (Å²) in [4.78, 5) is 1.57. The number of hydrogen-bond donors (Lipinski definition) is 1. The van der Waals surface area contributed by atoms with Crippen molar-refractivity contribution in [1.29, 1.82) is 0 Å². The average Bonchev–Trinajstić information content (AvgIpc) is 2.88. The van der Waals surface area contributed by atoms with Gasteiger partial charge in [0.1, 0.15) is 5.82 Å². The van der Waals surface area contributed by atoms with E-state index in [0.29, 0.717) is 10.5 Å². The third kappa shape index (κ3) is 2.60. The van der Waals surface area contributed by atoms with Crippen LogP contribution in [-0.2, 0) is 12.8 Å². The van der Waals surface area contributed by atoms with Crippen molar-refractivity contribution in [1.82, 2.24) is 0 Å². The number of halogens is 1. The number of aryl methyl sites for hydroxylation is 2. The Morgan fingerprint density at radius 3 is 2.75 bits per heavy atom. The number of benzene rings is 2. The van der Waals surface area contributed by atoms with Gasteiger partial charge in [-0.25, -0.2) is 4.39 Å². The van der Waals surface area contributed by atoms with E-state index in [9.17, 15) is 9.50 Å². The van der Waals surface area contributed by atoms with Crippen LogP contribution in [0.1, 0.15) is 36.1 Å². The zero-order valence-electron chi connectivity index (χ0n) is 11.4. The Labute approximate surface area is 122 Å². The third-order valence-corrected chi connectivity index (χ3v) is 4.86. The largest absolute Gasteiger partial charge is 0.389 e. The van der Waals surface area contributed by atoms with Crippen LogP contribution >= 0.6 is 11.8 Å². The molecule has 104 valence electrons. The molecular weight excluding hydrogens is 271 g/mol. The normalized spacial score (nSPS) is 15.2. The van der Waals surface area contributed by atoms with Crippen molar-refractivity contribution < 1.29 is 9.50 Å². The zero-order chi connectivity index (χ0) is 14.1. The summed E-state index contributed by atoms with van der Waals surface area (Å²) in [5, 5.41) is 9.78. The highest BCUT2D eigenvalue weighted by Gasteiger charge is 2.16. The quantitative estimate of drug-likeness (QED) is 0.896. The summed E-state index contributed by atoms with van der Waals surface area (Å²) < 4.78 is 14.0. The van der Waals surface area contributed by atoms with Crippen molar-refractivity contribution in [3.63, 3.8) is 0 Å². The first kappa shape index (κ1) is 13.7. The number of fused-ring (bicyclic) bond motifs is 1. The Balaban J connectivity index is 1.95. The molecule has 2 aromatic carbocycles. The second kappa shape index (κ2) is 5.58. The Morgan fingerprint density at radius 1 is 1.15 bits per heavy atom. The molecule has 1 aliphatic rings. The molecule has 1 N–H and O–H groups in total. The summed E-state index contributed by atoms with van der Waals surface area (Å²) in [6.45, 7) is 1.67. The van der Waals surface area contributed by atoms with Gasteiger partial charge >= 0.3 is 0 Å². The van der Waals surface area contributed by atoms with Crippen molar-refractivity contribution in [3.8, 4) is 0 Å². The van der Waals surface area contributed by atoms with Crippen LogP contribution < -0.4 is 0 Å². The maximum Gasteiger partial charge on any atom is 0.137 e. The minimum absolute atomic E-state index is 0.270. The fourth-order valence-corrected chi connectivity index (χ4v) is 3.79. The van der Waals surface area contributed by atoms with Crippen LogP contribution in [0.5, 0.6) is 0 Å². The van der Waals surface area contributed by atoms with E-state index >= 15 is 0 Å². The van der Waals surface area contributed by atoms with Gasteiger partial charge in [0, 0.05) is 4.90 Å². The minimum atomic E-state index is -0.664. The lowest BCUT2D eigenvalue weighted by Crippen LogP contribution is -1.96. The molecule has 0 spiro atoms. The molecule has 0 fully saturated rings. The van der Waals surface area contributed by atoms with Gasteiger partial charge in [-0.1, -0.05) is 30.0 Å². The monoisotopic (exact) mass is 288 g/mol. The molecule has 20 heavy (non-hydrogen) atoms.